The number of rotatable bonds is 2. The van der Waals surface area contributed by atoms with Gasteiger partial charge in [-0.2, -0.15) is 0 Å². The fraction of sp³-hybridized carbons (Fsp3) is 0.500. The molecule has 2 atom stereocenters. The summed E-state index contributed by atoms with van der Waals surface area (Å²) in [5, 5.41) is 14.1. The monoisotopic (exact) mass is 314 g/mol. The predicted octanol–water partition coefficient (Wildman–Crippen LogP) is 2.38. The largest absolute Gasteiger partial charge is 0.508 e. The zero-order valence-corrected chi connectivity index (χ0v) is 12.4. The number of phenols is 1. The Morgan fingerprint density at radius 2 is 2.15 bits per heavy atom. The molecule has 4 nitrogen and oxygen atoms in total. The molecule has 2 N–H and O–H groups in total. The number of carbonyl (C=O) groups is 1. The second-order valence-electron chi connectivity index (χ2n) is 5.39. The summed E-state index contributed by atoms with van der Waals surface area (Å²) in [6.07, 6.45) is 1.36. The molecule has 0 aromatic heterocycles. The van der Waals surface area contributed by atoms with Crippen molar-refractivity contribution in [3.05, 3.63) is 27.7 Å². The highest BCUT2D eigenvalue weighted by Gasteiger charge is 2.38. The SMILES string of the molecule is O=C1C[C@@H](c2c(O)ccc(Cl)c2Cl)CN1[C@H]1CCNC1. The molecule has 1 amide bonds. The van der Waals surface area contributed by atoms with Gasteiger partial charge in [-0.1, -0.05) is 23.2 Å². The van der Waals surface area contributed by atoms with E-state index in [1.807, 2.05) is 4.90 Å². The minimum absolute atomic E-state index is 0.0886. The van der Waals surface area contributed by atoms with Gasteiger partial charge in [0.25, 0.3) is 0 Å². The summed E-state index contributed by atoms with van der Waals surface area (Å²) in [7, 11) is 0. The Labute approximate surface area is 127 Å². The van der Waals surface area contributed by atoms with Gasteiger partial charge < -0.3 is 15.3 Å². The molecule has 0 bridgehead atoms. The molecule has 6 heteroatoms. The fourth-order valence-electron chi connectivity index (χ4n) is 3.13. The van der Waals surface area contributed by atoms with Gasteiger partial charge in [-0.3, -0.25) is 4.79 Å². The highest BCUT2D eigenvalue weighted by Crippen LogP contribution is 2.42. The number of hydrogen-bond acceptors (Lipinski definition) is 3. The summed E-state index contributed by atoms with van der Waals surface area (Å²) < 4.78 is 0. The first-order chi connectivity index (χ1) is 9.58. The second-order valence-corrected chi connectivity index (χ2v) is 6.17. The van der Waals surface area contributed by atoms with Crippen molar-refractivity contribution in [1.29, 1.82) is 0 Å². The van der Waals surface area contributed by atoms with Crippen molar-refractivity contribution in [3.63, 3.8) is 0 Å². The van der Waals surface area contributed by atoms with Gasteiger partial charge in [-0.05, 0) is 25.1 Å². The minimum atomic E-state index is -0.0886. The third kappa shape index (κ3) is 2.36. The zero-order chi connectivity index (χ0) is 14.3. The average molecular weight is 315 g/mol. The number of nitrogens with one attached hydrogen (secondary N) is 1. The first-order valence-electron chi connectivity index (χ1n) is 6.75. The van der Waals surface area contributed by atoms with E-state index in [9.17, 15) is 9.90 Å². The van der Waals surface area contributed by atoms with Crippen LogP contribution in [0.1, 0.15) is 24.3 Å². The van der Waals surface area contributed by atoms with Crippen molar-refractivity contribution in [2.45, 2.75) is 24.8 Å². The summed E-state index contributed by atoms with van der Waals surface area (Å²) in [5.74, 6) is 0.150. The van der Waals surface area contributed by atoms with Crippen LogP contribution in [0.25, 0.3) is 0 Å². The lowest BCUT2D eigenvalue weighted by Crippen LogP contribution is -2.37. The van der Waals surface area contributed by atoms with Crippen LogP contribution in [0.5, 0.6) is 5.75 Å². The molecule has 2 aliphatic heterocycles. The Kier molecular flexibility index (Phi) is 3.80. The lowest BCUT2D eigenvalue weighted by molar-refractivity contribution is -0.129. The van der Waals surface area contributed by atoms with E-state index < -0.39 is 0 Å². The molecule has 2 heterocycles. The van der Waals surface area contributed by atoms with Crippen LogP contribution in [-0.4, -0.2) is 41.6 Å². The van der Waals surface area contributed by atoms with E-state index in [1.165, 1.54) is 6.07 Å². The lowest BCUT2D eigenvalue weighted by Gasteiger charge is -2.24. The van der Waals surface area contributed by atoms with Crippen molar-refractivity contribution in [1.82, 2.24) is 10.2 Å². The van der Waals surface area contributed by atoms with Crippen LogP contribution < -0.4 is 5.32 Å². The van der Waals surface area contributed by atoms with Crippen molar-refractivity contribution in [2.24, 2.45) is 0 Å². The van der Waals surface area contributed by atoms with Crippen LogP contribution in [0, 0.1) is 0 Å². The van der Waals surface area contributed by atoms with Crippen LogP contribution >= 0.6 is 23.2 Å². The number of likely N-dealkylation sites (tertiary alicyclic amines) is 1. The highest BCUT2D eigenvalue weighted by atomic mass is 35.5. The van der Waals surface area contributed by atoms with E-state index in [-0.39, 0.29) is 23.6 Å². The predicted molar refractivity (Wildman–Crippen MR) is 78.5 cm³/mol. The molecule has 0 radical (unpaired) electrons. The van der Waals surface area contributed by atoms with Crippen molar-refractivity contribution in [3.8, 4) is 5.75 Å². The quantitative estimate of drug-likeness (QED) is 0.881. The first kappa shape index (κ1) is 14.0. The average Bonchev–Trinajstić information content (AvgIpc) is 3.04. The normalized spacial score (nSPS) is 26.5. The Bertz CT molecular complexity index is 544. The summed E-state index contributed by atoms with van der Waals surface area (Å²) in [4.78, 5) is 14.1. The highest BCUT2D eigenvalue weighted by molar-refractivity contribution is 6.42. The van der Waals surface area contributed by atoms with E-state index in [4.69, 9.17) is 23.2 Å². The van der Waals surface area contributed by atoms with E-state index in [0.29, 0.717) is 28.6 Å². The molecule has 0 spiro atoms. The number of aromatic hydroxyl groups is 1. The Morgan fingerprint density at radius 3 is 2.85 bits per heavy atom. The molecule has 3 rings (SSSR count). The van der Waals surface area contributed by atoms with Crippen LogP contribution in [0.3, 0.4) is 0 Å². The van der Waals surface area contributed by atoms with E-state index in [2.05, 4.69) is 5.32 Å². The topological polar surface area (TPSA) is 52.6 Å². The molecule has 0 unspecified atom stereocenters. The number of halogens is 2. The summed E-state index contributed by atoms with van der Waals surface area (Å²) in [6, 6.07) is 3.36. The molecule has 2 fully saturated rings. The van der Waals surface area contributed by atoms with Crippen molar-refractivity contribution in [2.75, 3.05) is 19.6 Å². The Morgan fingerprint density at radius 1 is 1.35 bits per heavy atom. The number of benzene rings is 1. The number of amides is 1. The first-order valence-corrected chi connectivity index (χ1v) is 7.50. The van der Waals surface area contributed by atoms with Gasteiger partial charge in [0, 0.05) is 37.0 Å². The minimum Gasteiger partial charge on any atom is -0.508 e. The van der Waals surface area contributed by atoms with E-state index >= 15 is 0 Å². The second kappa shape index (κ2) is 5.43. The van der Waals surface area contributed by atoms with Gasteiger partial charge in [0.1, 0.15) is 5.75 Å². The maximum atomic E-state index is 12.2. The van der Waals surface area contributed by atoms with Gasteiger partial charge in [-0.15, -0.1) is 0 Å². The van der Waals surface area contributed by atoms with Crippen molar-refractivity contribution >= 4 is 29.1 Å². The van der Waals surface area contributed by atoms with Crippen LogP contribution in [0.15, 0.2) is 12.1 Å². The third-order valence-electron chi connectivity index (χ3n) is 4.15. The van der Waals surface area contributed by atoms with Crippen molar-refractivity contribution < 1.29 is 9.90 Å². The molecule has 1 aromatic carbocycles. The van der Waals surface area contributed by atoms with Gasteiger partial charge in [0.15, 0.2) is 0 Å². The smallest absolute Gasteiger partial charge is 0.223 e. The molecule has 1 aromatic rings. The van der Waals surface area contributed by atoms with Gasteiger partial charge in [-0.25, -0.2) is 0 Å². The van der Waals surface area contributed by atoms with Crippen LogP contribution in [0.4, 0.5) is 0 Å². The summed E-state index contributed by atoms with van der Waals surface area (Å²) in [6.45, 7) is 2.38. The summed E-state index contributed by atoms with van der Waals surface area (Å²) in [5.41, 5.74) is 0.598. The fourth-order valence-corrected chi connectivity index (χ4v) is 3.61. The van der Waals surface area contributed by atoms with Gasteiger partial charge in [0.2, 0.25) is 5.91 Å². The number of phenolic OH excluding ortho intramolecular Hbond substituents is 1. The number of carbonyl (C=O) groups excluding carboxylic acids is 1. The molecule has 2 aliphatic rings. The standard InChI is InChI=1S/C14H16Cl2N2O2/c15-10-1-2-11(19)13(14(10)16)8-5-12(20)18(7-8)9-3-4-17-6-9/h1-2,8-9,17,19H,3-7H2/t8-,9+/m1/s1. The molecular formula is C14H16Cl2N2O2. The Balaban J connectivity index is 1.86. The number of nitrogens with zero attached hydrogens (tertiary/aromatic N) is 1. The third-order valence-corrected chi connectivity index (χ3v) is 4.97. The molecule has 20 heavy (non-hydrogen) atoms. The van der Waals surface area contributed by atoms with E-state index in [1.54, 1.807) is 6.07 Å². The van der Waals surface area contributed by atoms with Gasteiger partial charge in [0.05, 0.1) is 10.0 Å². The molecule has 2 saturated heterocycles. The van der Waals surface area contributed by atoms with Crippen LogP contribution in [-0.2, 0) is 4.79 Å². The zero-order valence-electron chi connectivity index (χ0n) is 10.9. The molecular weight excluding hydrogens is 299 g/mol. The summed E-state index contributed by atoms with van der Waals surface area (Å²) >= 11 is 12.2. The van der Waals surface area contributed by atoms with E-state index in [0.717, 1.165) is 19.5 Å². The number of hydrogen-bond donors (Lipinski definition) is 2. The van der Waals surface area contributed by atoms with Crippen LogP contribution in [0.2, 0.25) is 10.0 Å². The molecule has 0 aliphatic carbocycles. The maximum Gasteiger partial charge on any atom is 0.223 e. The maximum absolute atomic E-state index is 12.2. The molecule has 0 saturated carbocycles. The molecule has 108 valence electrons. The van der Waals surface area contributed by atoms with Gasteiger partial charge >= 0.3 is 0 Å². The Hall–Kier alpha value is -0.970. The lowest BCUT2D eigenvalue weighted by atomic mass is 9.97.